The molecule has 1 heteroatoms. The van der Waals surface area contributed by atoms with Crippen LogP contribution in [0.3, 0.4) is 0 Å². The van der Waals surface area contributed by atoms with Gasteiger partial charge in [0.25, 0.3) is 0 Å². The molecule has 18 heavy (non-hydrogen) atoms. The summed E-state index contributed by atoms with van der Waals surface area (Å²) in [4.78, 5) is 0. The van der Waals surface area contributed by atoms with Gasteiger partial charge < -0.3 is 0 Å². The lowest BCUT2D eigenvalue weighted by Crippen LogP contribution is -2.20. The van der Waals surface area contributed by atoms with E-state index in [1.807, 2.05) is 67.0 Å². The Morgan fingerprint density at radius 3 is 2.33 bits per heavy atom. The van der Waals surface area contributed by atoms with Crippen LogP contribution < -0.4 is 4.40 Å². The largest absolute Gasteiger partial charge is 0.226 e. The summed E-state index contributed by atoms with van der Waals surface area (Å²) < 4.78 is 2.08. The fourth-order valence-electron chi connectivity index (χ4n) is 1.90. The third kappa shape index (κ3) is 2.09. The minimum absolute atomic E-state index is 1.04. The van der Waals surface area contributed by atoms with Crippen LogP contribution in [0.4, 0.5) is 0 Å². The lowest BCUT2D eigenvalue weighted by atomic mass is 10.1. The van der Waals surface area contributed by atoms with Crippen LogP contribution in [-0.2, 0) is 0 Å². The molecule has 3 rings (SSSR count). The maximum Gasteiger partial charge on any atom is 0.226 e. The molecule has 0 atom stereocenters. The van der Waals surface area contributed by atoms with Crippen molar-refractivity contribution in [3.63, 3.8) is 0 Å². The van der Waals surface area contributed by atoms with Crippen molar-refractivity contribution in [2.75, 3.05) is 0 Å². The van der Waals surface area contributed by atoms with E-state index in [-0.39, 0.29) is 0 Å². The Bertz CT molecular complexity index is 728. The first-order valence-electron chi connectivity index (χ1n) is 5.89. The summed E-state index contributed by atoms with van der Waals surface area (Å²) in [5, 5.41) is 0. The minimum atomic E-state index is 1.04. The number of hydrogen-bond donors (Lipinski definition) is 0. The van der Waals surface area contributed by atoms with Crippen molar-refractivity contribution in [3.05, 3.63) is 84.2 Å². The monoisotopic (exact) mass is 230 g/mol. The molecule has 0 radical (unpaired) electrons. The van der Waals surface area contributed by atoms with Crippen molar-refractivity contribution in [2.45, 2.75) is 0 Å². The molecule has 0 aliphatic carbocycles. The predicted octanol–water partition coefficient (Wildman–Crippen LogP) is 2.83. The summed E-state index contributed by atoms with van der Waals surface area (Å²) in [6.45, 7) is 0. The number of rotatable bonds is 0. The predicted molar refractivity (Wildman–Crippen MR) is 72.0 cm³/mol. The smallest absolute Gasteiger partial charge is 0.166 e. The normalized spacial score (nSPS) is 9.78. The highest BCUT2D eigenvalue weighted by Gasteiger charge is 2.03. The van der Waals surface area contributed by atoms with E-state index in [0.717, 1.165) is 16.6 Å². The van der Waals surface area contributed by atoms with Crippen LogP contribution in [0.25, 0.3) is 5.52 Å². The van der Waals surface area contributed by atoms with Crippen LogP contribution in [-0.4, -0.2) is 0 Å². The molecular formula is C17H12N+. The Labute approximate surface area is 106 Å². The van der Waals surface area contributed by atoms with Crippen LogP contribution in [0.1, 0.15) is 11.1 Å². The maximum atomic E-state index is 3.23. The Kier molecular flexibility index (Phi) is 2.77. The average Bonchev–Trinajstić information content (AvgIpc) is 2.46. The summed E-state index contributed by atoms with van der Waals surface area (Å²) in [5.74, 6) is 6.42. The zero-order valence-electron chi connectivity index (χ0n) is 9.88. The highest BCUT2D eigenvalue weighted by Crippen LogP contribution is 2.04. The summed E-state index contributed by atoms with van der Waals surface area (Å²) in [6.07, 6.45) is 4.06. The molecule has 0 N–H and O–H groups in total. The van der Waals surface area contributed by atoms with E-state index in [9.17, 15) is 0 Å². The first-order valence-corrected chi connectivity index (χ1v) is 5.89. The second-order valence-corrected chi connectivity index (χ2v) is 4.03. The van der Waals surface area contributed by atoms with E-state index >= 15 is 0 Å². The molecule has 3 aromatic rings. The maximum absolute atomic E-state index is 3.23. The van der Waals surface area contributed by atoms with Gasteiger partial charge in [-0.05, 0) is 24.3 Å². The molecule has 2 heterocycles. The van der Waals surface area contributed by atoms with Gasteiger partial charge in [0, 0.05) is 23.8 Å². The zero-order chi connectivity index (χ0) is 12.2. The van der Waals surface area contributed by atoms with E-state index in [0.29, 0.717) is 0 Å². The van der Waals surface area contributed by atoms with Gasteiger partial charge in [-0.25, -0.2) is 0 Å². The van der Waals surface area contributed by atoms with Gasteiger partial charge in [0.1, 0.15) is 0 Å². The third-order valence-electron chi connectivity index (χ3n) is 2.79. The molecule has 84 valence electrons. The molecule has 0 amide bonds. The second kappa shape index (κ2) is 4.73. The van der Waals surface area contributed by atoms with Crippen molar-refractivity contribution in [2.24, 2.45) is 0 Å². The molecule has 0 bridgehead atoms. The fourth-order valence-corrected chi connectivity index (χ4v) is 1.90. The topological polar surface area (TPSA) is 4.10 Å². The number of nitrogens with zero attached hydrogens (tertiary/aromatic N) is 1. The third-order valence-corrected chi connectivity index (χ3v) is 2.79. The lowest BCUT2D eigenvalue weighted by Gasteiger charge is -1.92. The highest BCUT2D eigenvalue weighted by molar-refractivity contribution is 5.58. The average molecular weight is 230 g/mol. The Morgan fingerprint density at radius 2 is 1.44 bits per heavy atom. The number of benzene rings is 1. The van der Waals surface area contributed by atoms with Gasteiger partial charge in [-0.3, -0.25) is 0 Å². The van der Waals surface area contributed by atoms with E-state index in [1.165, 1.54) is 0 Å². The first kappa shape index (κ1) is 10.6. The van der Waals surface area contributed by atoms with Gasteiger partial charge in [0.15, 0.2) is 12.4 Å². The zero-order valence-corrected chi connectivity index (χ0v) is 9.88. The van der Waals surface area contributed by atoms with Crippen molar-refractivity contribution in [3.8, 4) is 11.8 Å². The van der Waals surface area contributed by atoms with Crippen LogP contribution in [0.15, 0.2) is 73.1 Å². The Balaban J connectivity index is 2.09. The van der Waals surface area contributed by atoms with E-state index in [4.69, 9.17) is 0 Å². The molecule has 2 aromatic heterocycles. The van der Waals surface area contributed by atoms with E-state index in [2.05, 4.69) is 22.3 Å². The van der Waals surface area contributed by atoms with Crippen molar-refractivity contribution in [1.82, 2.24) is 0 Å². The van der Waals surface area contributed by atoms with Gasteiger partial charge in [0.05, 0.1) is 5.56 Å². The Morgan fingerprint density at radius 1 is 0.667 bits per heavy atom. The van der Waals surface area contributed by atoms with E-state index in [1.54, 1.807) is 0 Å². The van der Waals surface area contributed by atoms with Crippen molar-refractivity contribution < 1.29 is 4.40 Å². The highest BCUT2D eigenvalue weighted by atomic mass is 14.8. The van der Waals surface area contributed by atoms with Gasteiger partial charge in [-0.2, -0.15) is 4.40 Å². The second-order valence-electron chi connectivity index (χ2n) is 4.03. The molecule has 0 fully saturated rings. The van der Waals surface area contributed by atoms with Gasteiger partial charge >= 0.3 is 0 Å². The van der Waals surface area contributed by atoms with Gasteiger partial charge in [0.2, 0.25) is 5.52 Å². The lowest BCUT2D eigenvalue weighted by molar-refractivity contribution is -0.512. The van der Waals surface area contributed by atoms with E-state index < -0.39 is 0 Å². The van der Waals surface area contributed by atoms with Gasteiger partial charge in [-0.15, -0.1) is 0 Å². The van der Waals surface area contributed by atoms with Crippen LogP contribution in [0, 0.1) is 11.8 Å². The summed E-state index contributed by atoms with van der Waals surface area (Å²) in [7, 11) is 0. The van der Waals surface area contributed by atoms with Gasteiger partial charge in [-0.1, -0.05) is 30.0 Å². The van der Waals surface area contributed by atoms with Crippen molar-refractivity contribution >= 4 is 5.52 Å². The SMILES string of the molecule is C(#Cc1ccc[n+]2ccccc12)c1ccccc1. The van der Waals surface area contributed by atoms with Crippen molar-refractivity contribution in [1.29, 1.82) is 0 Å². The number of pyridine rings is 2. The number of hydrogen-bond acceptors (Lipinski definition) is 0. The van der Waals surface area contributed by atoms with Crippen LogP contribution in [0.2, 0.25) is 0 Å². The molecule has 0 unspecified atom stereocenters. The molecule has 0 aliphatic rings. The first-order chi connectivity index (χ1) is 8.93. The summed E-state index contributed by atoms with van der Waals surface area (Å²) >= 11 is 0. The molecule has 0 spiro atoms. The Hall–Kier alpha value is -2.59. The summed E-state index contributed by atoms with van der Waals surface area (Å²) in [5.41, 5.74) is 3.21. The molecule has 0 saturated carbocycles. The molecule has 1 aromatic carbocycles. The summed E-state index contributed by atoms with van der Waals surface area (Å²) in [6, 6.07) is 20.2. The molecule has 1 nitrogen and oxygen atoms in total. The minimum Gasteiger partial charge on any atom is -0.166 e. The number of aromatic nitrogens is 1. The van der Waals surface area contributed by atoms with Crippen LogP contribution >= 0.6 is 0 Å². The fraction of sp³-hybridized carbons (Fsp3) is 0. The standard InChI is InChI=1S/C17H12N/c1-2-7-15(8-3-1)11-12-16-9-6-14-18-13-5-4-10-17(16)18/h1-10,13-14H/q+1. The quantitative estimate of drug-likeness (QED) is 0.413. The van der Waals surface area contributed by atoms with Crippen LogP contribution in [0.5, 0.6) is 0 Å². The molecule has 0 saturated heterocycles. The number of fused-ring (bicyclic) bond motifs is 1. The molecule has 0 aliphatic heterocycles. The molecular weight excluding hydrogens is 218 g/mol.